The van der Waals surface area contributed by atoms with Gasteiger partial charge >= 0.3 is 0 Å². The zero-order chi connectivity index (χ0) is 10.4. The van der Waals surface area contributed by atoms with Gasteiger partial charge in [-0.2, -0.15) is 0 Å². The van der Waals surface area contributed by atoms with E-state index in [0.29, 0.717) is 6.04 Å². The van der Waals surface area contributed by atoms with E-state index in [4.69, 9.17) is 0 Å². The number of nitrogens with zero attached hydrogens (tertiary/aromatic N) is 2. The van der Waals surface area contributed by atoms with Crippen molar-refractivity contribution >= 4 is 0 Å². The van der Waals surface area contributed by atoms with Crippen LogP contribution in [0.25, 0.3) is 0 Å². The number of hydrogen-bond acceptors (Lipinski definition) is 4. The van der Waals surface area contributed by atoms with Gasteiger partial charge < -0.3 is 10.6 Å². The van der Waals surface area contributed by atoms with Crippen molar-refractivity contribution in [1.29, 1.82) is 0 Å². The highest BCUT2D eigenvalue weighted by Crippen LogP contribution is 1.94. The Morgan fingerprint density at radius 2 is 2.14 bits per heavy atom. The van der Waals surface area contributed by atoms with Crippen LogP contribution in [0.1, 0.15) is 18.3 Å². The monoisotopic (exact) mass is 194 g/mol. The van der Waals surface area contributed by atoms with E-state index in [9.17, 15) is 0 Å². The second kappa shape index (κ2) is 5.67. The van der Waals surface area contributed by atoms with E-state index in [-0.39, 0.29) is 0 Å². The molecule has 0 aliphatic carbocycles. The summed E-state index contributed by atoms with van der Waals surface area (Å²) in [6, 6.07) is 0.447. The minimum Gasteiger partial charge on any atom is -0.318 e. The van der Waals surface area contributed by atoms with Gasteiger partial charge in [0.05, 0.1) is 11.4 Å². The topological polar surface area (TPSA) is 49.8 Å². The number of aryl methyl sites for hydroxylation is 1. The highest BCUT2D eigenvalue weighted by Gasteiger charge is 2.00. The predicted molar refractivity (Wildman–Crippen MR) is 57.0 cm³/mol. The molecule has 0 spiro atoms. The highest BCUT2D eigenvalue weighted by molar-refractivity contribution is 5.00. The Labute approximate surface area is 85.2 Å². The van der Waals surface area contributed by atoms with Crippen LogP contribution in [-0.4, -0.2) is 29.6 Å². The number of likely N-dealkylation sites (N-methyl/N-ethyl adjacent to an activating group) is 1. The van der Waals surface area contributed by atoms with E-state index < -0.39 is 0 Å². The van der Waals surface area contributed by atoms with Crippen molar-refractivity contribution in [2.75, 3.05) is 13.6 Å². The molecule has 1 rings (SSSR count). The van der Waals surface area contributed by atoms with E-state index in [1.165, 1.54) is 0 Å². The molecule has 0 bridgehead atoms. The lowest BCUT2D eigenvalue weighted by molar-refractivity contribution is 0.518. The molecule has 0 aromatic carbocycles. The SMILES string of the molecule is CNCC(C)NCc1cnc(C)cn1. The van der Waals surface area contributed by atoms with E-state index in [0.717, 1.165) is 24.5 Å². The third-order valence-corrected chi connectivity index (χ3v) is 1.98. The maximum absolute atomic E-state index is 4.26. The number of aromatic nitrogens is 2. The number of rotatable bonds is 5. The van der Waals surface area contributed by atoms with E-state index >= 15 is 0 Å². The van der Waals surface area contributed by atoms with Crippen LogP contribution in [0.5, 0.6) is 0 Å². The van der Waals surface area contributed by atoms with Crippen LogP contribution >= 0.6 is 0 Å². The summed E-state index contributed by atoms with van der Waals surface area (Å²) < 4.78 is 0. The van der Waals surface area contributed by atoms with E-state index in [2.05, 4.69) is 27.5 Å². The summed E-state index contributed by atoms with van der Waals surface area (Å²) >= 11 is 0. The standard InChI is InChI=1S/C10H18N4/c1-8(4-11-3)12-6-10-7-13-9(2)5-14-10/h5,7-8,11-12H,4,6H2,1-3H3. The normalized spacial score (nSPS) is 12.8. The van der Waals surface area contributed by atoms with Crippen molar-refractivity contribution < 1.29 is 0 Å². The van der Waals surface area contributed by atoms with Crippen molar-refractivity contribution in [2.45, 2.75) is 26.4 Å². The van der Waals surface area contributed by atoms with Gasteiger partial charge in [-0.1, -0.05) is 0 Å². The molecule has 78 valence electrons. The van der Waals surface area contributed by atoms with Gasteiger partial charge in [-0.05, 0) is 20.9 Å². The van der Waals surface area contributed by atoms with Crippen molar-refractivity contribution in [3.63, 3.8) is 0 Å². The third-order valence-electron chi connectivity index (χ3n) is 1.98. The molecule has 1 heterocycles. The van der Waals surface area contributed by atoms with Gasteiger partial charge in [-0.25, -0.2) is 0 Å². The minimum atomic E-state index is 0.447. The molecule has 0 fully saturated rings. The Morgan fingerprint density at radius 1 is 1.36 bits per heavy atom. The van der Waals surface area contributed by atoms with Crippen LogP contribution in [0, 0.1) is 6.92 Å². The fourth-order valence-corrected chi connectivity index (χ4v) is 1.17. The van der Waals surface area contributed by atoms with Crippen LogP contribution in [-0.2, 0) is 6.54 Å². The summed E-state index contributed by atoms with van der Waals surface area (Å²) in [4.78, 5) is 8.45. The molecule has 2 N–H and O–H groups in total. The summed E-state index contributed by atoms with van der Waals surface area (Å²) in [6.07, 6.45) is 3.61. The molecule has 0 saturated carbocycles. The summed E-state index contributed by atoms with van der Waals surface area (Å²) in [7, 11) is 1.95. The largest absolute Gasteiger partial charge is 0.318 e. The molecule has 0 radical (unpaired) electrons. The fraction of sp³-hybridized carbons (Fsp3) is 0.600. The molecule has 1 aromatic rings. The molecule has 1 atom stereocenters. The van der Waals surface area contributed by atoms with Gasteiger partial charge in [0, 0.05) is 31.5 Å². The second-order valence-electron chi connectivity index (χ2n) is 3.49. The van der Waals surface area contributed by atoms with Gasteiger partial charge in [0.1, 0.15) is 0 Å². The first-order valence-corrected chi connectivity index (χ1v) is 4.88. The van der Waals surface area contributed by atoms with Gasteiger partial charge in [-0.15, -0.1) is 0 Å². The zero-order valence-electron chi connectivity index (χ0n) is 9.04. The molecule has 4 heteroatoms. The fourth-order valence-electron chi connectivity index (χ4n) is 1.17. The first-order chi connectivity index (χ1) is 6.72. The molecule has 0 amide bonds. The van der Waals surface area contributed by atoms with Crippen molar-refractivity contribution in [1.82, 2.24) is 20.6 Å². The Morgan fingerprint density at radius 3 is 2.71 bits per heavy atom. The third kappa shape index (κ3) is 3.81. The lowest BCUT2D eigenvalue weighted by Gasteiger charge is -2.12. The van der Waals surface area contributed by atoms with Crippen LogP contribution in [0.2, 0.25) is 0 Å². The molecular weight excluding hydrogens is 176 g/mol. The predicted octanol–water partition coefficient (Wildman–Crippen LogP) is 0.483. The smallest absolute Gasteiger partial charge is 0.0724 e. The second-order valence-corrected chi connectivity index (χ2v) is 3.49. The van der Waals surface area contributed by atoms with Crippen molar-refractivity contribution in [2.24, 2.45) is 0 Å². The van der Waals surface area contributed by atoms with Crippen LogP contribution in [0.3, 0.4) is 0 Å². The van der Waals surface area contributed by atoms with Crippen LogP contribution in [0.15, 0.2) is 12.4 Å². The van der Waals surface area contributed by atoms with Crippen LogP contribution in [0.4, 0.5) is 0 Å². The first-order valence-electron chi connectivity index (χ1n) is 4.88. The molecule has 0 saturated heterocycles. The molecule has 4 nitrogen and oxygen atoms in total. The average Bonchev–Trinajstić information content (AvgIpc) is 2.17. The van der Waals surface area contributed by atoms with E-state index in [1.807, 2.05) is 20.2 Å². The Bertz CT molecular complexity index is 257. The number of hydrogen-bond donors (Lipinski definition) is 2. The lowest BCUT2D eigenvalue weighted by atomic mass is 10.3. The molecule has 1 aromatic heterocycles. The Balaban J connectivity index is 2.34. The quantitative estimate of drug-likeness (QED) is 0.716. The lowest BCUT2D eigenvalue weighted by Crippen LogP contribution is -2.34. The van der Waals surface area contributed by atoms with Gasteiger partial charge in [0.15, 0.2) is 0 Å². The zero-order valence-corrected chi connectivity index (χ0v) is 9.04. The van der Waals surface area contributed by atoms with Gasteiger partial charge in [0.2, 0.25) is 0 Å². The molecule has 14 heavy (non-hydrogen) atoms. The highest BCUT2D eigenvalue weighted by atomic mass is 15.0. The van der Waals surface area contributed by atoms with E-state index in [1.54, 1.807) is 6.20 Å². The molecular formula is C10H18N4. The summed E-state index contributed by atoms with van der Waals surface area (Å²) in [5.74, 6) is 0. The molecule has 0 aliphatic rings. The first kappa shape index (κ1) is 11.1. The maximum Gasteiger partial charge on any atom is 0.0724 e. The average molecular weight is 194 g/mol. The Hall–Kier alpha value is -1.00. The summed E-state index contributed by atoms with van der Waals surface area (Å²) in [5.41, 5.74) is 1.94. The van der Waals surface area contributed by atoms with Gasteiger partial charge in [-0.3, -0.25) is 9.97 Å². The van der Waals surface area contributed by atoms with Crippen molar-refractivity contribution in [3.8, 4) is 0 Å². The number of nitrogens with one attached hydrogen (secondary N) is 2. The van der Waals surface area contributed by atoms with Crippen LogP contribution < -0.4 is 10.6 Å². The maximum atomic E-state index is 4.26. The summed E-state index contributed by atoms with van der Waals surface area (Å²) in [6.45, 7) is 5.81. The Kier molecular flexibility index (Phi) is 4.49. The van der Waals surface area contributed by atoms with Crippen molar-refractivity contribution in [3.05, 3.63) is 23.8 Å². The molecule has 1 unspecified atom stereocenters. The van der Waals surface area contributed by atoms with Gasteiger partial charge in [0.25, 0.3) is 0 Å². The minimum absolute atomic E-state index is 0.447. The molecule has 0 aliphatic heterocycles. The summed E-state index contributed by atoms with van der Waals surface area (Å²) in [5, 5.41) is 6.47.